The second kappa shape index (κ2) is 15.6. The number of aliphatic hydroxyl groups is 1. The van der Waals surface area contributed by atoms with E-state index >= 15 is 0 Å². The Balaban J connectivity index is -0.0000000447. The molecule has 0 amide bonds. The number of aliphatic carboxylic acids is 1. The van der Waals surface area contributed by atoms with Crippen molar-refractivity contribution in [2.75, 3.05) is 0 Å². The topological polar surface area (TPSA) is 224 Å². The van der Waals surface area contributed by atoms with Crippen molar-refractivity contribution >= 4 is 97.1 Å². The fourth-order valence-electron chi connectivity index (χ4n) is 0. The van der Waals surface area contributed by atoms with Crippen LogP contribution in [0.4, 0.5) is 0 Å². The molecule has 11 nitrogen and oxygen atoms in total. The molecule has 1 unspecified atom stereocenters. The van der Waals surface area contributed by atoms with Crippen LogP contribution in [0.1, 0.15) is 6.92 Å². The van der Waals surface area contributed by atoms with Crippen molar-refractivity contribution in [3.63, 3.8) is 0 Å². The second-order valence-corrected chi connectivity index (χ2v) is 3.83. The van der Waals surface area contributed by atoms with Gasteiger partial charge in [0.05, 0.1) is 15.6 Å². The molecule has 0 spiro atoms. The molecule has 100 valence electrons. The number of aliphatic hydroxyl groups excluding tert-OH is 1. The van der Waals surface area contributed by atoms with Crippen LogP contribution in [-0.4, -0.2) is 108 Å². The summed E-state index contributed by atoms with van der Waals surface area (Å²) in [5, 5.41) is 15.8. The van der Waals surface area contributed by atoms with Crippen LogP contribution in [0.2, 0.25) is 0 Å². The Morgan fingerprint density at radius 2 is 1.06 bits per heavy atom. The van der Waals surface area contributed by atoms with Gasteiger partial charge >= 0.3 is 81.4 Å². The molecule has 18 heavy (non-hydrogen) atoms. The fourth-order valence-corrected chi connectivity index (χ4v) is 0. The zero-order chi connectivity index (χ0) is 14.2. The summed E-state index contributed by atoms with van der Waals surface area (Å²) in [5.41, 5.74) is 0. The van der Waals surface area contributed by atoms with Gasteiger partial charge in [0.15, 0.2) is 0 Å². The molecule has 0 rings (SSSR count). The number of phosphoric acid groups is 2. The van der Waals surface area contributed by atoms with Crippen molar-refractivity contribution in [3.8, 4) is 0 Å². The minimum absolute atomic E-state index is 0. The second-order valence-electron chi connectivity index (χ2n) is 1.95. The quantitative estimate of drug-likeness (QED) is 0.254. The molecule has 0 radical (unpaired) electrons. The summed E-state index contributed by atoms with van der Waals surface area (Å²) < 4.78 is 17.3. The van der Waals surface area contributed by atoms with Crippen LogP contribution in [0, 0.1) is 0 Å². The van der Waals surface area contributed by atoms with Crippen molar-refractivity contribution in [3.05, 3.63) is 0 Å². The van der Waals surface area contributed by atoms with Crippen LogP contribution < -0.4 is 19.6 Å². The molecule has 4 N–H and O–H groups in total. The average Bonchev–Trinajstić information content (AvgIpc) is 1.77. The summed E-state index contributed by atoms with van der Waals surface area (Å²) in [7, 11) is -10.3. The van der Waals surface area contributed by atoms with Crippen LogP contribution in [0.25, 0.3) is 0 Å². The zero-order valence-electron chi connectivity index (χ0n) is 9.03. The average molecular weight is 362 g/mol. The van der Waals surface area contributed by atoms with E-state index in [2.05, 4.69) is 0 Å². The molecule has 0 aliphatic heterocycles. The first kappa shape index (κ1) is 32.2. The van der Waals surface area contributed by atoms with E-state index in [9.17, 15) is 4.79 Å². The Hall–Kier alpha value is 2.17. The maximum absolute atomic E-state index is 9.45. The van der Waals surface area contributed by atoms with E-state index < -0.39 is 27.7 Å². The number of rotatable bonds is 1. The van der Waals surface area contributed by atoms with E-state index in [1.165, 1.54) is 6.92 Å². The SMILES string of the molecule is CC(O)C(=O)O.O=P([O-])([O-])O.O=P([O-])([O-])O.[Ca+2].[Ca+2]. The molecular formula is C3H8Ca2O11P2. The first-order valence-corrected chi connectivity index (χ1v) is 6.04. The molecular weight excluding hydrogens is 354 g/mol. The Labute approximate surface area is 161 Å². The first-order chi connectivity index (χ1) is 6.64. The predicted molar refractivity (Wildman–Crippen MR) is 50.5 cm³/mol. The summed E-state index contributed by atoms with van der Waals surface area (Å²) in [6.07, 6.45) is -1.23. The van der Waals surface area contributed by atoms with Gasteiger partial charge in [-0.15, -0.1) is 0 Å². The summed E-state index contributed by atoms with van der Waals surface area (Å²) in [4.78, 5) is 58.0. The van der Waals surface area contributed by atoms with Gasteiger partial charge in [-0.2, -0.15) is 0 Å². The summed E-state index contributed by atoms with van der Waals surface area (Å²) in [6.45, 7) is 1.20. The van der Waals surface area contributed by atoms with Crippen molar-refractivity contribution in [1.82, 2.24) is 0 Å². The number of carbonyl (C=O) groups is 1. The Morgan fingerprint density at radius 3 is 1.06 bits per heavy atom. The number of carboxylic acids is 1. The number of carboxylic acid groups (broad SMARTS) is 1. The van der Waals surface area contributed by atoms with Gasteiger partial charge in [-0.05, 0) is 6.92 Å². The van der Waals surface area contributed by atoms with Gasteiger partial charge < -0.3 is 48.7 Å². The molecule has 1 atom stereocenters. The molecule has 0 aliphatic rings. The maximum Gasteiger partial charge on any atom is 2.00 e. The normalized spacial score (nSPS) is 11.1. The van der Waals surface area contributed by atoms with E-state index in [4.69, 9.17) is 48.7 Å². The van der Waals surface area contributed by atoms with Crippen molar-refractivity contribution in [1.29, 1.82) is 0 Å². The van der Waals surface area contributed by atoms with E-state index in [-0.39, 0.29) is 75.5 Å². The van der Waals surface area contributed by atoms with Gasteiger partial charge in [-0.1, -0.05) is 0 Å². The molecule has 0 saturated heterocycles. The fraction of sp³-hybridized carbons (Fsp3) is 0.667. The molecule has 0 saturated carbocycles. The molecule has 0 aromatic carbocycles. The molecule has 0 aromatic heterocycles. The number of hydrogen-bond acceptors (Lipinski definition) is 8. The molecule has 15 heteroatoms. The van der Waals surface area contributed by atoms with E-state index in [0.29, 0.717) is 0 Å². The molecule has 0 fully saturated rings. The van der Waals surface area contributed by atoms with Crippen molar-refractivity contribution < 1.29 is 53.5 Å². The summed E-state index contributed by atoms with van der Waals surface area (Å²) in [5.74, 6) is -1.19. The Bertz CT molecular complexity index is 243. The van der Waals surface area contributed by atoms with E-state index in [1.807, 2.05) is 0 Å². The van der Waals surface area contributed by atoms with Crippen LogP contribution in [-0.2, 0) is 13.9 Å². The third-order valence-corrected chi connectivity index (χ3v) is 0.357. The van der Waals surface area contributed by atoms with Crippen LogP contribution >= 0.6 is 15.6 Å². The van der Waals surface area contributed by atoms with Gasteiger partial charge in [0.2, 0.25) is 0 Å². The monoisotopic (exact) mass is 362 g/mol. The van der Waals surface area contributed by atoms with Gasteiger partial charge in [0, 0.05) is 0 Å². The smallest absolute Gasteiger partial charge is 0.790 e. The third kappa shape index (κ3) is 141. The maximum atomic E-state index is 9.45. The van der Waals surface area contributed by atoms with Crippen LogP contribution in [0.3, 0.4) is 0 Å². The summed E-state index contributed by atoms with van der Waals surface area (Å²) in [6, 6.07) is 0. The molecule has 0 aliphatic carbocycles. The van der Waals surface area contributed by atoms with Gasteiger partial charge in [-0.3, -0.25) is 0 Å². The van der Waals surface area contributed by atoms with Gasteiger partial charge in [0.25, 0.3) is 0 Å². The minimum atomic E-state index is -5.14. The van der Waals surface area contributed by atoms with Crippen molar-refractivity contribution in [2.24, 2.45) is 0 Å². The third-order valence-electron chi connectivity index (χ3n) is 0.357. The molecule has 0 bridgehead atoms. The zero-order valence-corrected chi connectivity index (χ0v) is 15.2. The van der Waals surface area contributed by atoms with Crippen LogP contribution in [0.5, 0.6) is 0 Å². The number of hydrogen-bond donors (Lipinski definition) is 4. The largest absolute Gasteiger partial charge is 2.00 e. The van der Waals surface area contributed by atoms with Crippen molar-refractivity contribution in [2.45, 2.75) is 13.0 Å². The standard InChI is InChI=1S/C3H6O3.2Ca.2H3O4P/c1-2(4)3(5)6;;;2*1-5(2,3)4/h2,4H,1H3,(H,5,6);;;2*(H3,1,2,3,4)/q;2*+2;;/p-4. The van der Waals surface area contributed by atoms with Gasteiger partial charge in [0.1, 0.15) is 6.10 Å². The van der Waals surface area contributed by atoms with E-state index in [1.54, 1.807) is 0 Å². The summed E-state index contributed by atoms with van der Waals surface area (Å²) >= 11 is 0. The molecule has 0 heterocycles. The first-order valence-electron chi connectivity index (χ1n) is 3.05. The Kier molecular flexibility index (Phi) is 27.8. The van der Waals surface area contributed by atoms with Gasteiger partial charge in [-0.25, -0.2) is 4.79 Å². The Morgan fingerprint density at radius 1 is 1.00 bits per heavy atom. The predicted octanol–water partition coefficient (Wildman–Crippen LogP) is -5.69. The van der Waals surface area contributed by atoms with Crippen LogP contribution in [0.15, 0.2) is 0 Å². The van der Waals surface area contributed by atoms with E-state index in [0.717, 1.165) is 0 Å². The minimum Gasteiger partial charge on any atom is -0.790 e. The molecule has 0 aromatic rings.